The third kappa shape index (κ3) is 3.55. The van der Waals surface area contributed by atoms with Crippen molar-refractivity contribution in [3.63, 3.8) is 0 Å². The first-order valence-corrected chi connectivity index (χ1v) is 17.4. The van der Waals surface area contributed by atoms with Gasteiger partial charge in [-0.1, -0.05) is 109 Å². The van der Waals surface area contributed by atoms with Crippen molar-refractivity contribution in [1.82, 2.24) is 14.5 Å². The molecule has 5 heteroatoms. The molecular formula is C42H23N3S2. The Morgan fingerprint density at radius 3 is 2.00 bits per heavy atom. The number of nitrogens with zero attached hydrogens (tertiary/aromatic N) is 3. The quantitative estimate of drug-likeness (QED) is 0.190. The molecule has 0 unspecified atom stereocenters. The molecular weight excluding hydrogens is 611 g/mol. The Kier molecular flexibility index (Phi) is 5.14. The summed E-state index contributed by atoms with van der Waals surface area (Å²) < 4.78 is 6.09. The van der Waals surface area contributed by atoms with E-state index in [2.05, 4.69) is 144 Å². The molecule has 0 fully saturated rings. The van der Waals surface area contributed by atoms with Crippen molar-refractivity contribution in [2.24, 2.45) is 0 Å². The molecule has 4 aromatic heterocycles. The standard InChI is InChI=1S/C42H23N3S2/c1-2-12-26-23-34-32(22-25(26)11-1)37-27-13-4-3-10-24(27)20-21-33(37)45(34)41-38(43-39-30-15-6-8-19-36(30)47-42(39)44-41)31-17-9-16-29-28-14-5-7-18-35(28)46-40(29)31/h1-23H. The zero-order chi connectivity index (χ0) is 30.6. The van der Waals surface area contributed by atoms with Gasteiger partial charge < -0.3 is 0 Å². The van der Waals surface area contributed by atoms with Crippen LogP contribution in [-0.4, -0.2) is 14.5 Å². The fourth-order valence-electron chi connectivity index (χ4n) is 7.48. The van der Waals surface area contributed by atoms with Crippen LogP contribution in [0.1, 0.15) is 0 Å². The molecule has 7 aromatic carbocycles. The molecule has 3 nitrogen and oxygen atoms in total. The van der Waals surface area contributed by atoms with Crippen LogP contribution in [0.3, 0.4) is 0 Å². The molecule has 0 spiro atoms. The van der Waals surface area contributed by atoms with Crippen molar-refractivity contribution in [2.45, 2.75) is 0 Å². The summed E-state index contributed by atoms with van der Waals surface area (Å²) in [5.41, 5.74) is 5.24. The SMILES string of the molecule is c1ccc2cc3c(cc2c1)c1c2ccccc2ccc1n3-c1nc2sc3ccccc3c2nc1-c1cccc2c1sc1ccccc12. The fourth-order valence-corrected chi connectivity index (χ4v) is 9.72. The highest BCUT2D eigenvalue weighted by Crippen LogP contribution is 2.45. The topological polar surface area (TPSA) is 30.7 Å². The maximum Gasteiger partial charge on any atom is 0.166 e. The molecule has 0 amide bonds. The van der Waals surface area contributed by atoms with Gasteiger partial charge in [-0.05, 0) is 51.9 Å². The van der Waals surface area contributed by atoms with Crippen molar-refractivity contribution in [3.8, 4) is 17.1 Å². The highest BCUT2D eigenvalue weighted by molar-refractivity contribution is 7.26. The molecule has 0 saturated heterocycles. The van der Waals surface area contributed by atoms with Crippen LogP contribution < -0.4 is 0 Å². The Morgan fingerprint density at radius 2 is 1.15 bits per heavy atom. The minimum absolute atomic E-state index is 0.861. The molecule has 0 aliphatic carbocycles. The van der Waals surface area contributed by atoms with Gasteiger partial charge in [-0.2, -0.15) is 0 Å². The predicted molar refractivity (Wildman–Crippen MR) is 203 cm³/mol. The Bertz CT molecular complexity index is 3090. The first kappa shape index (κ1) is 25.6. The van der Waals surface area contributed by atoms with Crippen LogP contribution >= 0.6 is 22.7 Å². The maximum atomic E-state index is 5.58. The lowest BCUT2D eigenvalue weighted by Crippen LogP contribution is -2.03. The molecule has 0 aliphatic rings. The van der Waals surface area contributed by atoms with Gasteiger partial charge in [0, 0.05) is 46.6 Å². The lowest BCUT2D eigenvalue weighted by molar-refractivity contribution is 1.09. The van der Waals surface area contributed by atoms with Crippen molar-refractivity contribution in [3.05, 3.63) is 140 Å². The average molecular weight is 634 g/mol. The van der Waals surface area contributed by atoms with Crippen LogP contribution in [0.5, 0.6) is 0 Å². The first-order valence-electron chi connectivity index (χ1n) is 15.8. The normalized spacial score (nSPS) is 12.3. The summed E-state index contributed by atoms with van der Waals surface area (Å²) in [6, 6.07) is 50.4. The van der Waals surface area contributed by atoms with E-state index < -0.39 is 0 Å². The molecule has 0 N–H and O–H groups in total. The highest BCUT2D eigenvalue weighted by Gasteiger charge is 2.24. The summed E-state index contributed by atoms with van der Waals surface area (Å²) >= 11 is 3.55. The second-order valence-corrected chi connectivity index (χ2v) is 14.2. The van der Waals surface area contributed by atoms with E-state index in [1.165, 1.54) is 57.2 Å². The van der Waals surface area contributed by atoms with E-state index in [9.17, 15) is 0 Å². The van der Waals surface area contributed by atoms with Gasteiger partial charge in [0.1, 0.15) is 16.0 Å². The summed E-state index contributed by atoms with van der Waals surface area (Å²) in [4.78, 5) is 12.1. The molecule has 0 atom stereocenters. The Balaban J connectivity index is 1.36. The Morgan fingerprint density at radius 1 is 0.468 bits per heavy atom. The van der Waals surface area contributed by atoms with Gasteiger partial charge in [0.2, 0.25) is 0 Å². The molecule has 11 aromatic rings. The Hall–Kier alpha value is -5.62. The van der Waals surface area contributed by atoms with Crippen molar-refractivity contribution in [1.29, 1.82) is 0 Å². The van der Waals surface area contributed by atoms with E-state index in [0.717, 1.165) is 43.8 Å². The number of benzene rings is 7. The maximum absolute atomic E-state index is 5.58. The van der Waals surface area contributed by atoms with Crippen LogP contribution in [0.25, 0.3) is 101 Å². The van der Waals surface area contributed by atoms with Gasteiger partial charge in [-0.25, -0.2) is 9.97 Å². The summed E-state index contributed by atoms with van der Waals surface area (Å²) in [5, 5.41) is 11.1. The molecule has 0 radical (unpaired) electrons. The van der Waals surface area contributed by atoms with Crippen LogP contribution in [0.15, 0.2) is 140 Å². The second-order valence-electron chi connectivity index (χ2n) is 12.2. The monoisotopic (exact) mass is 633 g/mol. The van der Waals surface area contributed by atoms with Gasteiger partial charge in [-0.3, -0.25) is 4.57 Å². The lowest BCUT2D eigenvalue weighted by atomic mass is 10.0. The van der Waals surface area contributed by atoms with Crippen molar-refractivity contribution < 1.29 is 0 Å². The predicted octanol–water partition coefficient (Wildman–Crippen LogP) is 12.3. The van der Waals surface area contributed by atoms with Gasteiger partial charge in [0.15, 0.2) is 5.82 Å². The van der Waals surface area contributed by atoms with Crippen LogP contribution in [-0.2, 0) is 0 Å². The van der Waals surface area contributed by atoms with Gasteiger partial charge in [0.25, 0.3) is 0 Å². The number of hydrogen-bond acceptors (Lipinski definition) is 4. The van der Waals surface area contributed by atoms with Crippen LogP contribution in [0.2, 0.25) is 0 Å². The van der Waals surface area contributed by atoms with Crippen LogP contribution in [0.4, 0.5) is 0 Å². The third-order valence-corrected chi connectivity index (χ3v) is 11.9. The van der Waals surface area contributed by atoms with Crippen LogP contribution in [0, 0.1) is 0 Å². The van der Waals surface area contributed by atoms with E-state index in [1.54, 1.807) is 11.3 Å². The number of thiophene rings is 2. The molecule has 218 valence electrons. The third-order valence-electron chi connectivity index (χ3n) is 9.59. The van der Waals surface area contributed by atoms with Gasteiger partial charge in [0.05, 0.1) is 11.0 Å². The summed E-state index contributed by atoms with van der Waals surface area (Å²) in [7, 11) is 0. The highest BCUT2D eigenvalue weighted by atomic mass is 32.1. The second kappa shape index (κ2) is 9.46. The number of hydrogen-bond donors (Lipinski definition) is 0. The Labute approximate surface area is 276 Å². The lowest BCUT2D eigenvalue weighted by Gasteiger charge is -2.14. The first-order chi connectivity index (χ1) is 23.3. The van der Waals surface area contributed by atoms with Crippen molar-refractivity contribution in [2.75, 3.05) is 0 Å². The summed E-state index contributed by atoms with van der Waals surface area (Å²) in [6.07, 6.45) is 0. The summed E-state index contributed by atoms with van der Waals surface area (Å²) in [5.74, 6) is 0.861. The molecule has 0 aliphatic heterocycles. The van der Waals surface area contributed by atoms with E-state index in [1.807, 2.05) is 11.3 Å². The number of rotatable bonds is 2. The zero-order valence-electron chi connectivity index (χ0n) is 24.9. The van der Waals surface area contributed by atoms with E-state index >= 15 is 0 Å². The molecule has 4 heterocycles. The summed E-state index contributed by atoms with van der Waals surface area (Å²) in [6.45, 7) is 0. The van der Waals surface area contributed by atoms with Crippen molar-refractivity contribution >= 4 is 107 Å². The smallest absolute Gasteiger partial charge is 0.166 e. The number of fused-ring (bicyclic) bond motifs is 12. The largest absolute Gasteiger partial charge is 0.292 e. The molecule has 0 bridgehead atoms. The van der Waals surface area contributed by atoms with E-state index in [4.69, 9.17) is 9.97 Å². The van der Waals surface area contributed by atoms with Gasteiger partial charge >= 0.3 is 0 Å². The molecule has 47 heavy (non-hydrogen) atoms. The zero-order valence-corrected chi connectivity index (χ0v) is 26.6. The average Bonchev–Trinajstić information content (AvgIpc) is 3.79. The number of aromatic nitrogens is 3. The molecule has 0 saturated carbocycles. The minimum Gasteiger partial charge on any atom is -0.292 e. The van der Waals surface area contributed by atoms with Gasteiger partial charge in [-0.15, -0.1) is 22.7 Å². The van der Waals surface area contributed by atoms with E-state index in [-0.39, 0.29) is 0 Å². The fraction of sp³-hybridized carbons (Fsp3) is 0. The van der Waals surface area contributed by atoms with E-state index in [0.29, 0.717) is 0 Å². The minimum atomic E-state index is 0.861. The molecule has 11 rings (SSSR count).